The van der Waals surface area contributed by atoms with Crippen molar-refractivity contribution in [3.05, 3.63) is 46.8 Å². The third kappa shape index (κ3) is 3.25. The third-order valence-corrected chi connectivity index (χ3v) is 7.71. The molecule has 0 bridgehead atoms. The summed E-state index contributed by atoms with van der Waals surface area (Å²) in [6.45, 7) is 3.85. The smallest absolute Gasteiger partial charge is 0.255 e. The first-order valence-corrected chi connectivity index (χ1v) is 11.6. The molecule has 6 rings (SSSR count). The summed E-state index contributed by atoms with van der Waals surface area (Å²) in [5, 5.41) is 6.63. The predicted octanol–water partition coefficient (Wildman–Crippen LogP) is 1.11. The highest BCUT2D eigenvalue weighted by atomic mass is 16.5. The van der Waals surface area contributed by atoms with Gasteiger partial charge < -0.3 is 9.64 Å². The molecule has 0 radical (unpaired) electrons. The van der Waals surface area contributed by atoms with E-state index in [0.717, 1.165) is 43.8 Å². The number of amides is 3. The number of hydrogen-bond acceptors (Lipinski definition) is 6. The van der Waals surface area contributed by atoms with Crippen LogP contribution in [0.1, 0.15) is 52.7 Å². The van der Waals surface area contributed by atoms with Crippen LogP contribution in [-0.4, -0.2) is 63.0 Å². The van der Waals surface area contributed by atoms with Crippen molar-refractivity contribution in [3.63, 3.8) is 0 Å². The summed E-state index contributed by atoms with van der Waals surface area (Å²) in [5.74, 6) is 0.0124. The molecular formula is C24H27N5O4. The monoisotopic (exact) mass is 449 g/mol. The SMILES string of the molecule is Cn1cc(CN2CCC3(CC2)COc2c3ccc3c2CN(C2CCC(=O)NC2=O)C3=O)cn1. The molecule has 2 fully saturated rings. The van der Waals surface area contributed by atoms with Gasteiger partial charge in [-0.1, -0.05) is 6.07 Å². The number of fused-ring (bicyclic) bond motifs is 4. The van der Waals surface area contributed by atoms with E-state index in [4.69, 9.17) is 4.74 Å². The Kier molecular flexibility index (Phi) is 4.58. The second-order valence-corrected chi connectivity index (χ2v) is 9.74. The second kappa shape index (κ2) is 7.41. The number of benzene rings is 1. The number of aromatic nitrogens is 2. The number of ether oxygens (including phenoxy) is 1. The Morgan fingerprint density at radius 1 is 1.21 bits per heavy atom. The summed E-state index contributed by atoms with van der Waals surface area (Å²) in [7, 11) is 1.94. The number of hydrogen-bond donors (Lipinski definition) is 1. The summed E-state index contributed by atoms with van der Waals surface area (Å²) in [6, 6.07) is 3.36. The minimum atomic E-state index is -0.607. The fourth-order valence-corrected chi connectivity index (χ4v) is 5.85. The number of imide groups is 1. The van der Waals surface area contributed by atoms with Crippen LogP contribution in [0, 0.1) is 0 Å². The van der Waals surface area contributed by atoms with Crippen LogP contribution in [-0.2, 0) is 35.1 Å². The van der Waals surface area contributed by atoms with Crippen molar-refractivity contribution in [2.45, 2.75) is 50.2 Å². The van der Waals surface area contributed by atoms with Crippen LogP contribution in [0.5, 0.6) is 5.75 Å². The fraction of sp³-hybridized carbons (Fsp3) is 0.500. The minimum absolute atomic E-state index is 0.0269. The van der Waals surface area contributed by atoms with Crippen LogP contribution in [0.3, 0.4) is 0 Å². The molecule has 3 amide bonds. The molecule has 1 N–H and O–H groups in total. The standard InChI is InChI=1S/C24H27N5O4/c1-27-11-15(10-25-27)12-28-8-6-24(7-9-28)14-33-21-17-13-29(19-4-5-20(30)26-22(19)31)23(32)16(17)2-3-18(21)24/h2-3,10-11,19H,4-9,12-14H2,1H3,(H,26,30,31). The maximum absolute atomic E-state index is 13.1. The normalized spacial score (nSPS) is 24.1. The number of nitrogens with one attached hydrogen (secondary N) is 1. The molecule has 4 aliphatic heterocycles. The number of nitrogens with zero attached hydrogens (tertiary/aromatic N) is 4. The first kappa shape index (κ1) is 20.4. The van der Waals surface area contributed by atoms with Crippen LogP contribution < -0.4 is 10.1 Å². The highest BCUT2D eigenvalue weighted by Gasteiger charge is 2.47. The first-order valence-electron chi connectivity index (χ1n) is 11.6. The molecular weight excluding hydrogens is 422 g/mol. The van der Waals surface area contributed by atoms with E-state index in [0.29, 0.717) is 25.1 Å². The van der Waals surface area contributed by atoms with Crippen molar-refractivity contribution in [1.82, 2.24) is 24.9 Å². The van der Waals surface area contributed by atoms with Crippen molar-refractivity contribution in [2.75, 3.05) is 19.7 Å². The van der Waals surface area contributed by atoms with Gasteiger partial charge in [-0.3, -0.25) is 29.3 Å². The fourth-order valence-electron chi connectivity index (χ4n) is 5.85. The molecule has 1 aromatic carbocycles. The van der Waals surface area contributed by atoms with Crippen molar-refractivity contribution < 1.29 is 19.1 Å². The highest BCUT2D eigenvalue weighted by molar-refractivity contribution is 6.05. The summed E-state index contributed by atoms with van der Waals surface area (Å²) in [5.41, 5.74) is 3.89. The quantitative estimate of drug-likeness (QED) is 0.706. The molecule has 2 saturated heterocycles. The van der Waals surface area contributed by atoms with E-state index in [1.54, 1.807) is 4.90 Å². The van der Waals surface area contributed by atoms with Gasteiger partial charge in [0.25, 0.3) is 5.91 Å². The van der Waals surface area contributed by atoms with Gasteiger partial charge in [-0.15, -0.1) is 0 Å². The second-order valence-electron chi connectivity index (χ2n) is 9.74. The van der Waals surface area contributed by atoms with Gasteiger partial charge in [-0.25, -0.2) is 0 Å². The van der Waals surface area contributed by atoms with E-state index in [9.17, 15) is 14.4 Å². The van der Waals surface area contributed by atoms with Gasteiger partial charge in [0, 0.05) is 53.9 Å². The Balaban J connectivity index is 1.20. The molecule has 0 saturated carbocycles. The lowest BCUT2D eigenvalue weighted by molar-refractivity contribution is -0.136. The molecule has 2 aromatic rings. The van der Waals surface area contributed by atoms with Crippen molar-refractivity contribution in [1.29, 1.82) is 0 Å². The van der Waals surface area contributed by atoms with Crippen molar-refractivity contribution in [3.8, 4) is 5.75 Å². The zero-order chi connectivity index (χ0) is 22.7. The number of rotatable bonds is 3. The Bertz CT molecular complexity index is 1160. The Morgan fingerprint density at radius 3 is 2.76 bits per heavy atom. The summed E-state index contributed by atoms with van der Waals surface area (Å²) in [4.78, 5) is 41.0. The number of piperidine rings is 2. The molecule has 1 spiro atoms. The lowest BCUT2D eigenvalue weighted by atomic mass is 9.74. The van der Waals surface area contributed by atoms with Gasteiger partial charge in [-0.2, -0.15) is 5.10 Å². The lowest BCUT2D eigenvalue weighted by Crippen LogP contribution is -2.52. The molecule has 1 unspecified atom stereocenters. The van der Waals surface area contributed by atoms with Gasteiger partial charge in [0.1, 0.15) is 11.8 Å². The molecule has 9 heteroatoms. The van der Waals surface area contributed by atoms with Gasteiger partial charge in [0.2, 0.25) is 11.8 Å². The maximum atomic E-state index is 13.1. The van der Waals surface area contributed by atoms with Gasteiger partial charge in [0.15, 0.2) is 0 Å². The molecule has 1 aromatic heterocycles. The van der Waals surface area contributed by atoms with Crippen molar-refractivity contribution >= 4 is 17.7 Å². The van der Waals surface area contributed by atoms with Gasteiger partial charge in [-0.05, 0) is 38.4 Å². The van der Waals surface area contributed by atoms with Crippen molar-refractivity contribution in [2.24, 2.45) is 7.05 Å². The maximum Gasteiger partial charge on any atom is 0.255 e. The first-order chi connectivity index (χ1) is 15.9. The van der Waals surface area contributed by atoms with Crippen LogP contribution in [0.15, 0.2) is 24.5 Å². The average Bonchev–Trinajstić information content (AvgIpc) is 3.47. The molecule has 0 aliphatic carbocycles. The summed E-state index contributed by atoms with van der Waals surface area (Å²) >= 11 is 0. The van der Waals surface area contributed by atoms with E-state index in [1.807, 2.05) is 24.0 Å². The molecule has 1 atom stereocenters. The number of carbonyl (C=O) groups is 3. The molecule has 172 valence electrons. The third-order valence-electron chi connectivity index (χ3n) is 7.71. The summed E-state index contributed by atoms with van der Waals surface area (Å²) in [6.07, 6.45) is 6.61. The van der Waals surface area contributed by atoms with Crippen LogP contribution in [0.25, 0.3) is 0 Å². The largest absolute Gasteiger partial charge is 0.492 e. The van der Waals surface area contributed by atoms with Crippen LogP contribution in [0.4, 0.5) is 0 Å². The molecule has 5 heterocycles. The van der Waals surface area contributed by atoms with E-state index >= 15 is 0 Å². The molecule has 4 aliphatic rings. The van der Waals surface area contributed by atoms with E-state index in [-0.39, 0.29) is 29.6 Å². The van der Waals surface area contributed by atoms with Crippen LogP contribution >= 0.6 is 0 Å². The Labute approximate surface area is 191 Å². The van der Waals surface area contributed by atoms with Gasteiger partial charge in [0.05, 0.1) is 19.3 Å². The topological polar surface area (TPSA) is 96.8 Å². The minimum Gasteiger partial charge on any atom is -0.492 e. The highest BCUT2D eigenvalue weighted by Crippen LogP contribution is 2.49. The van der Waals surface area contributed by atoms with E-state index < -0.39 is 6.04 Å². The predicted molar refractivity (Wildman–Crippen MR) is 117 cm³/mol. The summed E-state index contributed by atoms with van der Waals surface area (Å²) < 4.78 is 8.09. The number of aryl methyl sites for hydroxylation is 1. The van der Waals surface area contributed by atoms with Gasteiger partial charge >= 0.3 is 0 Å². The van der Waals surface area contributed by atoms with Crippen LogP contribution in [0.2, 0.25) is 0 Å². The zero-order valence-electron chi connectivity index (χ0n) is 18.7. The average molecular weight is 450 g/mol. The zero-order valence-corrected chi connectivity index (χ0v) is 18.7. The van der Waals surface area contributed by atoms with E-state index in [2.05, 4.69) is 27.6 Å². The Morgan fingerprint density at radius 2 is 2.03 bits per heavy atom. The Hall–Kier alpha value is -3.20. The number of likely N-dealkylation sites (tertiary alicyclic amines) is 1. The lowest BCUT2D eigenvalue weighted by Gasteiger charge is -2.38. The van der Waals surface area contributed by atoms with E-state index in [1.165, 1.54) is 11.1 Å². The molecule has 33 heavy (non-hydrogen) atoms. The number of carbonyl (C=O) groups excluding carboxylic acids is 3. The molecule has 9 nitrogen and oxygen atoms in total.